The maximum atomic E-state index is 12.0. The van der Waals surface area contributed by atoms with Crippen molar-refractivity contribution >= 4 is 17.3 Å². The molecule has 3 rings (SSSR count). The Morgan fingerprint density at radius 2 is 1.80 bits per heavy atom. The summed E-state index contributed by atoms with van der Waals surface area (Å²) in [7, 11) is 4.48. The molecular weight excluding hydrogens is 406 g/mol. The van der Waals surface area contributed by atoms with Gasteiger partial charge in [0, 0.05) is 17.0 Å². The highest BCUT2D eigenvalue weighted by molar-refractivity contribution is 7.13. The van der Waals surface area contributed by atoms with E-state index in [9.17, 15) is 4.79 Å². The molecule has 0 saturated carbocycles. The average Bonchev–Trinajstić information content (AvgIpc) is 3.26. The van der Waals surface area contributed by atoms with Crippen LogP contribution in [-0.2, 0) is 11.3 Å². The van der Waals surface area contributed by atoms with Gasteiger partial charge < -0.3 is 23.7 Å². The first-order valence-corrected chi connectivity index (χ1v) is 10.1. The van der Waals surface area contributed by atoms with E-state index in [-0.39, 0.29) is 6.61 Å². The molecule has 0 fully saturated rings. The molecule has 0 saturated heterocycles. The lowest BCUT2D eigenvalue weighted by Crippen LogP contribution is -2.06. The number of esters is 1. The van der Waals surface area contributed by atoms with E-state index < -0.39 is 5.97 Å². The van der Waals surface area contributed by atoms with Crippen LogP contribution in [0.2, 0.25) is 0 Å². The second-order valence-corrected chi connectivity index (χ2v) is 6.94. The summed E-state index contributed by atoms with van der Waals surface area (Å²) in [6.07, 6.45) is 0. The Morgan fingerprint density at radius 1 is 0.967 bits per heavy atom. The van der Waals surface area contributed by atoms with E-state index in [0.29, 0.717) is 35.2 Å². The van der Waals surface area contributed by atoms with E-state index in [2.05, 4.69) is 4.98 Å². The molecule has 0 aliphatic heterocycles. The van der Waals surface area contributed by atoms with Crippen molar-refractivity contribution in [3.63, 3.8) is 0 Å². The van der Waals surface area contributed by atoms with Gasteiger partial charge in [-0.25, -0.2) is 9.78 Å². The third kappa shape index (κ3) is 4.83. The Bertz CT molecular complexity index is 1020. The first-order valence-electron chi connectivity index (χ1n) is 9.24. The number of methoxy groups -OCH3 is 3. The van der Waals surface area contributed by atoms with Gasteiger partial charge in [-0.3, -0.25) is 0 Å². The SMILES string of the molecule is CCOc1ccc(-c2nc(COc3cc(OC)ccc3C(=O)OC)cs2)cc1OC. The average molecular weight is 429 g/mol. The zero-order chi connectivity index (χ0) is 21.5. The van der Waals surface area contributed by atoms with Crippen molar-refractivity contribution in [1.82, 2.24) is 4.98 Å². The molecule has 0 unspecified atom stereocenters. The summed E-state index contributed by atoms with van der Waals surface area (Å²) in [5.41, 5.74) is 1.98. The summed E-state index contributed by atoms with van der Waals surface area (Å²) in [5, 5.41) is 2.74. The predicted octanol–water partition coefficient (Wildman–Crippen LogP) is 4.59. The highest BCUT2D eigenvalue weighted by Crippen LogP contribution is 2.34. The molecule has 0 spiro atoms. The zero-order valence-corrected chi connectivity index (χ0v) is 18.1. The number of carbonyl (C=O) groups excluding carboxylic acids is 1. The van der Waals surface area contributed by atoms with Crippen LogP contribution in [0.15, 0.2) is 41.8 Å². The number of hydrogen-bond acceptors (Lipinski definition) is 8. The standard InChI is InChI=1S/C22H23NO6S/c1-5-28-18-9-6-14(10-20(18)26-3)21-23-15(13-30-21)12-29-19-11-16(25-2)7-8-17(19)22(24)27-4/h6-11,13H,5,12H2,1-4H3. The quantitative estimate of drug-likeness (QED) is 0.460. The molecule has 1 heterocycles. The van der Waals surface area contributed by atoms with Gasteiger partial charge in [-0.2, -0.15) is 0 Å². The van der Waals surface area contributed by atoms with Gasteiger partial charge in [0.15, 0.2) is 11.5 Å². The van der Waals surface area contributed by atoms with Gasteiger partial charge >= 0.3 is 5.97 Å². The third-order valence-corrected chi connectivity index (χ3v) is 5.17. The predicted molar refractivity (Wildman–Crippen MR) is 114 cm³/mol. The number of carbonyl (C=O) groups is 1. The molecule has 8 heteroatoms. The Kier molecular flexibility index (Phi) is 7.13. The number of benzene rings is 2. The van der Waals surface area contributed by atoms with Crippen molar-refractivity contribution in [2.24, 2.45) is 0 Å². The van der Waals surface area contributed by atoms with E-state index in [0.717, 1.165) is 16.3 Å². The van der Waals surface area contributed by atoms with E-state index >= 15 is 0 Å². The van der Waals surface area contributed by atoms with Gasteiger partial charge in [-0.05, 0) is 37.3 Å². The largest absolute Gasteiger partial charge is 0.497 e. The van der Waals surface area contributed by atoms with E-state index in [1.165, 1.54) is 18.4 Å². The maximum absolute atomic E-state index is 12.0. The minimum Gasteiger partial charge on any atom is -0.497 e. The Labute approximate surface area is 179 Å². The summed E-state index contributed by atoms with van der Waals surface area (Å²) in [6.45, 7) is 2.68. The van der Waals surface area contributed by atoms with Gasteiger partial charge in [0.2, 0.25) is 0 Å². The molecule has 0 bridgehead atoms. The Morgan fingerprint density at radius 3 is 2.50 bits per heavy atom. The van der Waals surface area contributed by atoms with Crippen molar-refractivity contribution in [3.05, 3.63) is 53.0 Å². The fourth-order valence-electron chi connectivity index (χ4n) is 2.76. The van der Waals surface area contributed by atoms with Crippen molar-refractivity contribution < 1.29 is 28.5 Å². The van der Waals surface area contributed by atoms with Crippen LogP contribution in [0.5, 0.6) is 23.0 Å². The molecular formula is C22H23NO6S. The summed E-state index contributed by atoms with van der Waals surface area (Å²) in [5.74, 6) is 1.82. The molecule has 158 valence electrons. The molecule has 2 aromatic carbocycles. The molecule has 0 atom stereocenters. The van der Waals surface area contributed by atoms with Crippen LogP contribution in [0.4, 0.5) is 0 Å². The van der Waals surface area contributed by atoms with Crippen LogP contribution in [0.25, 0.3) is 10.6 Å². The number of rotatable bonds is 9. The van der Waals surface area contributed by atoms with Crippen molar-refractivity contribution in [2.75, 3.05) is 27.9 Å². The minimum atomic E-state index is -0.479. The van der Waals surface area contributed by atoms with E-state index in [4.69, 9.17) is 23.7 Å². The molecule has 0 N–H and O–H groups in total. The molecule has 0 radical (unpaired) electrons. The van der Waals surface area contributed by atoms with Crippen molar-refractivity contribution in [2.45, 2.75) is 13.5 Å². The zero-order valence-electron chi connectivity index (χ0n) is 17.3. The smallest absolute Gasteiger partial charge is 0.341 e. The lowest BCUT2D eigenvalue weighted by atomic mass is 10.2. The first kappa shape index (κ1) is 21.4. The monoisotopic (exact) mass is 429 g/mol. The topological polar surface area (TPSA) is 76.1 Å². The van der Waals surface area contributed by atoms with Gasteiger partial charge in [0.1, 0.15) is 28.7 Å². The summed E-state index contributed by atoms with van der Waals surface area (Å²) in [4.78, 5) is 16.6. The number of ether oxygens (including phenoxy) is 5. The van der Waals surface area contributed by atoms with Crippen LogP contribution in [0, 0.1) is 0 Å². The van der Waals surface area contributed by atoms with Gasteiger partial charge in [-0.1, -0.05) is 0 Å². The minimum absolute atomic E-state index is 0.196. The number of aromatic nitrogens is 1. The highest BCUT2D eigenvalue weighted by atomic mass is 32.1. The Hall–Kier alpha value is -3.26. The summed E-state index contributed by atoms with van der Waals surface area (Å²) in [6, 6.07) is 10.6. The second kappa shape index (κ2) is 9.98. The number of nitrogens with zero attached hydrogens (tertiary/aromatic N) is 1. The fraction of sp³-hybridized carbons (Fsp3) is 0.273. The van der Waals surface area contributed by atoms with E-state index in [1.807, 2.05) is 30.5 Å². The van der Waals surface area contributed by atoms with Crippen LogP contribution in [0.3, 0.4) is 0 Å². The van der Waals surface area contributed by atoms with Crippen LogP contribution in [-0.4, -0.2) is 38.9 Å². The molecule has 0 aliphatic rings. The molecule has 1 aromatic heterocycles. The summed E-state index contributed by atoms with van der Waals surface area (Å²) >= 11 is 1.50. The summed E-state index contributed by atoms with van der Waals surface area (Å²) < 4.78 is 26.9. The van der Waals surface area contributed by atoms with Crippen molar-refractivity contribution in [1.29, 1.82) is 0 Å². The van der Waals surface area contributed by atoms with Crippen LogP contribution < -0.4 is 18.9 Å². The maximum Gasteiger partial charge on any atom is 0.341 e. The highest BCUT2D eigenvalue weighted by Gasteiger charge is 2.16. The number of hydrogen-bond donors (Lipinski definition) is 0. The van der Waals surface area contributed by atoms with Gasteiger partial charge in [-0.15, -0.1) is 11.3 Å². The van der Waals surface area contributed by atoms with Crippen LogP contribution in [0.1, 0.15) is 23.0 Å². The lowest BCUT2D eigenvalue weighted by Gasteiger charge is -2.11. The number of thiazole rings is 1. The molecule has 0 amide bonds. The molecule has 30 heavy (non-hydrogen) atoms. The third-order valence-electron chi connectivity index (χ3n) is 4.23. The lowest BCUT2D eigenvalue weighted by molar-refractivity contribution is 0.0595. The Balaban J connectivity index is 1.78. The van der Waals surface area contributed by atoms with Crippen molar-refractivity contribution in [3.8, 4) is 33.6 Å². The van der Waals surface area contributed by atoms with E-state index in [1.54, 1.807) is 32.4 Å². The molecule has 7 nitrogen and oxygen atoms in total. The van der Waals surface area contributed by atoms with Gasteiger partial charge in [0.05, 0.1) is 33.6 Å². The first-order chi connectivity index (χ1) is 14.6. The second-order valence-electron chi connectivity index (χ2n) is 6.08. The molecule has 0 aliphatic carbocycles. The molecule has 3 aromatic rings. The van der Waals surface area contributed by atoms with Gasteiger partial charge in [0.25, 0.3) is 0 Å². The normalized spacial score (nSPS) is 10.4. The fourth-order valence-corrected chi connectivity index (χ4v) is 3.56. The van der Waals surface area contributed by atoms with Crippen LogP contribution >= 0.6 is 11.3 Å².